The van der Waals surface area contributed by atoms with Crippen molar-refractivity contribution in [3.63, 3.8) is 0 Å². The van der Waals surface area contributed by atoms with Crippen molar-refractivity contribution in [2.75, 3.05) is 5.32 Å². The van der Waals surface area contributed by atoms with Crippen LogP contribution in [0.3, 0.4) is 0 Å². The number of rotatable bonds is 7. The number of primary amides is 1. The molecule has 9 heteroatoms. The lowest BCUT2D eigenvalue weighted by molar-refractivity contribution is 0.0998. The molecule has 0 aliphatic rings. The highest BCUT2D eigenvalue weighted by Crippen LogP contribution is 2.33. The molecular formula is C19H17ClN4O2S2. The summed E-state index contributed by atoms with van der Waals surface area (Å²) in [5, 5.41) is 6.89. The second kappa shape index (κ2) is 9.59. The Morgan fingerprint density at radius 2 is 1.79 bits per heavy atom. The van der Waals surface area contributed by atoms with Crippen molar-refractivity contribution in [3.8, 4) is 0 Å². The van der Waals surface area contributed by atoms with Crippen LogP contribution in [0.4, 0.5) is 9.80 Å². The maximum atomic E-state index is 12.2. The molecule has 0 bridgehead atoms. The van der Waals surface area contributed by atoms with E-state index in [4.69, 9.17) is 17.3 Å². The number of halogens is 1. The van der Waals surface area contributed by atoms with Crippen molar-refractivity contribution in [1.29, 1.82) is 0 Å². The third-order valence-corrected chi connectivity index (χ3v) is 5.90. The van der Waals surface area contributed by atoms with E-state index in [2.05, 4.69) is 15.0 Å². The van der Waals surface area contributed by atoms with Crippen molar-refractivity contribution in [2.24, 2.45) is 5.73 Å². The smallest absolute Gasteiger partial charge is 0.320 e. The van der Waals surface area contributed by atoms with Crippen LogP contribution in [-0.2, 0) is 12.3 Å². The second-order valence-corrected chi connectivity index (χ2v) is 7.94. The molecule has 28 heavy (non-hydrogen) atoms. The number of hydrogen-bond donors (Lipinski definition) is 3. The van der Waals surface area contributed by atoms with Gasteiger partial charge in [0, 0.05) is 17.3 Å². The van der Waals surface area contributed by atoms with Crippen LogP contribution in [0, 0.1) is 0 Å². The molecule has 1 heterocycles. The van der Waals surface area contributed by atoms with Gasteiger partial charge in [0.05, 0.1) is 0 Å². The summed E-state index contributed by atoms with van der Waals surface area (Å²) in [6, 6.07) is 16.5. The Labute approximate surface area is 175 Å². The number of thioether (sulfide) groups is 1. The number of urea groups is 1. The number of nitrogens with two attached hydrogens (primary N) is 1. The molecule has 0 saturated heterocycles. The van der Waals surface area contributed by atoms with Crippen LogP contribution in [0.1, 0.15) is 21.5 Å². The molecule has 0 fully saturated rings. The summed E-state index contributed by atoms with van der Waals surface area (Å²) >= 11 is 8.29. The lowest BCUT2D eigenvalue weighted by Crippen LogP contribution is -2.28. The number of carbonyl (C=O) groups excluding carboxylic acids is 2. The zero-order valence-electron chi connectivity index (χ0n) is 14.6. The summed E-state index contributed by atoms with van der Waals surface area (Å²) in [4.78, 5) is 24.1. The van der Waals surface area contributed by atoms with Crippen LogP contribution < -0.4 is 16.4 Å². The fourth-order valence-electron chi connectivity index (χ4n) is 2.33. The van der Waals surface area contributed by atoms with Crippen LogP contribution in [0.2, 0.25) is 5.02 Å². The van der Waals surface area contributed by atoms with Crippen molar-refractivity contribution < 1.29 is 9.59 Å². The van der Waals surface area contributed by atoms with Crippen LogP contribution in [-0.4, -0.2) is 16.3 Å². The Balaban J connectivity index is 1.63. The summed E-state index contributed by atoms with van der Waals surface area (Å²) in [5.74, 6) is -0.0356. The molecule has 0 unspecified atom stereocenters. The average molecular weight is 433 g/mol. The molecule has 0 saturated carbocycles. The molecule has 4 N–H and O–H groups in total. The second-order valence-electron chi connectivity index (χ2n) is 5.76. The Morgan fingerprint density at radius 1 is 1.07 bits per heavy atom. The molecule has 3 amide bonds. The van der Waals surface area contributed by atoms with Gasteiger partial charge in [-0.05, 0) is 34.8 Å². The highest BCUT2D eigenvalue weighted by Gasteiger charge is 2.20. The topological polar surface area (TPSA) is 97.1 Å². The number of nitrogens with zero attached hydrogens (tertiary/aromatic N) is 1. The lowest BCUT2D eigenvalue weighted by atomic mass is 10.2. The van der Waals surface area contributed by atoms with Gasteiger partial charge in [0.1, 0.15) is 15.6 Å². The fraction of sp³-hybridized carbons (Fsp3) is 0.105. The van der Waals surface area contributed by atoms with Crippen LogP contribution in [0.5, 0.6) is 0 Å². The van der Waals surface area contributed by atoms with Crippen molar-refractivity contribution in [1.82, 2.24) is 9.69 Å². The molecule has 1 aromatic heterocycles. The molecule has 144 valence electrons. The molecule has 0 atom stereocenters. The number of anilines is 1. The van der Waals surface area contributed by atoms with E-state index in [-0.39, 0.29) is 5.56 Å². The van der Waals surface area contributed by atoms with Gasteiger partial charge in [-0.3, -0.25) is 10.1 Å². The van der Waals surface area contributed by atoms with Gasteiger partial charge in [-0.15, -0.1) is 0 Å². The number of hydrogen-bond acceptors (Lipinski definition) is 5. The minimum atomic E-state index is -0.634. The maximum Gasteiger partial charge on any atom is 0.320 e. The van der Waals surface area contributed by atoms with Gasteiger partial charge in [-0.25, -0.2) is 4.79 Å². The van der Waals surface area contributed by atoms with Gasteiger partial charge in [-0.1, -0.05) is 65.8 Å². The predicted octanol–water partition coefficient (Wildman–Crippen LogP) is 4.51. The normalized spacial score (nSPS) is 10.5. The van der Waals surface area contributed by atoms with Crippen LogP contribution >= 0.6 is 34.9 Å². The minimum absolute atomic E-state index is 0.221. The molecule has 3 aromatic rings. The largest absolute Gasteiger partial charge is 0.365 e. The van der Waals surface area contributed by atoms with E-state index < -0.39 is 11.9 Å². The first kappa shape index (κ1) is 20.2. The van der Waals surface area contributed by atoms with E-state index in [0.717, 1.165) is 22.7 Å². The first-order valence-electron chi connectivity index (χ1n) is 8.28. The Bertz CT molecular complexity index is 962. The third kappa shape index (κ3) is 5.48. The average Bonchev–Trinajstić information content (AvgIpc) is 3.09. The zero-order chi connectivity index (χ0) is 19.9. The van der Waals surface area contributed by atoms with E-state index in [1.54, 1.807) is 12.1 Å². The minimum Gasteiger partial charge on any atom is -0.365 e. The van der Waals surface area contributed by atoms with Crippen molar-refractivity contribution >= 4 is 51.8 Å². The van der Waals surface area contributed by atoms with Crippen molar-refractivity contribution in [3.05, 3.63) is 76.3 Å². The standard InChI is InChI=1S/C19H17ClN4O2S2/c20-14-8-6-13(7-9-14)11-27-18-15(16(21)25)17(28-24-18)23-19(26)22-10-12-4-2-1-3-5-12/h1-9H,10-11H2,(H2,21,25)(H2,22,23,26). The molecule has 0 spiro atoms. The highest BCUT2D eigenvalue weighted by atomic mass is 35.5. The Kier molecular flexibility index (Phi) is 6.91. The van der Waals surface area contributed by atoms with Gasteiger partial charge in [0.25, 0.3) is 5.91 Å². The molecule has 3 rings (SSSR count). The summed E-state index contributed by atoms with van der Waals surface area (Å²) < 4.78 is 4.28. The number of nitrogens with one attached hydrogen (secondary N) is 2. The van der Waals surface area contributed by atoms with Crippen LogP contribution in [0.25, 0.3) is 0 Å². The number of carbonyl (C=O) groups is 2. The number of benzene rings is 2. The SMILES string of the molecule is NC(=O)c1c(SCc2ccc(Cl)cc2)nsc1NC(=O)NCc1ccccc1. The van der Waals surface area contributed by atoms with Gasteiger partial charge in [0.2, 0.25) is 0 Å². The Hall–Kier alpha value is -2.55. The van der Waals surface area contributed by atoms with E-state index in [9.17, 15) is 9.59 Å². The van der Waals surface area contributed by atoms with Gasteiger partial charge >= 0.3 is 6.03 Å². The van der Waals surface area contributed by atoms with E-state index >= 15 is 0 Å². The summed E-state index contributed by atoms with van der Waals surface area (Å²) in [5.41, 5.74) is 7.74. The zero-order valence-corrected chi connectivity index (χ0v) is 17.0. The van der Waals surface area contributed by atoms with Gasteiger partial charge < -0.3 is 11.1 Å². The predicted molar refractivity (Wildman–Crippen MR) is 114 cm³/mol. The van der Waals surface area contributed by atoms with Crippen LogP contribution in [0.15, 0.2) is 59.6 Å². The van der Waals surface area contributed by atoms with Gasteiger partial charge in [0.15, 0.2) is 0 Å². The van der Waals surface area contributed by atoms with Gasteiger partial charge in [-0.2, -0.15) is 4.37 Å². The Morgan fingerprint density at radius 3 is 2.46 bits per heavy atom. The quantitative estimate of drug-likeness (QED) is 0.478. The summed E-state index contributed by atoms with van der Waals surface area (Å²) in [6.07, 6.45) is 0. The maximum absolute atomic E-state index is 12.2. The lowest BCUT2D eigenvalue weighted by Gasteiger charge is -2.07. The highest BCUT2D eigenvalue weighted by molar-refractivity contribution is 7.98. The van der Waals surface area contributed by atoms with E-state index in [1.807, 2.05) is 42.5 Å². The summed E-state index contributed by atoms with van der Waals surface area (Å²) in [7, 11) is 0. The molecule has 0 radical (unpaired) electrons. The number of aromatic nitrogens is 1. The third-order valence-electron chi connectivity index (χ3n) is 3.72. The molecule has 2 aromatic carbocycles. The first-order valence-corrected chi connectivity index (χ1v) is 10.4. The van der Waals surface area contributed by atoms with E-state index in [0.29, 0.717) is 27.3 Å². The van der Waals surface area contributed by atoms with Crippen molar-refractivity contribution in [2.45, 2.75) is 17.3 Å². The first-order chi connectivity index (χ1) is 13.5. The summed E-state index contributed by atoms with van der Waals surface area (Å²) in [6.45, 7) is 0.371. The molecule has 0 aliphatic heterocycles. The molecular weight excluding hydrogens is 416 g/mol. The number of amides is 3. The molecule has 0 aliphatic carbocycles. The van der Waals surface area contributed by atoms with E-state index in [1.165, 1.54) is 11.8 Å². The monoisotopic (exact) mass is 432 g/mol. The molecule has 6 nitrogen and oxygen atoms in total. The fourth-order valence-corrected chi connectivity index (χ4v) is 4.38.